The van der Waals surface area contributed by atoms with Gasteiger partial charge in [0.05, 0.1) is 6.10 Å². The van der Waals surface area contributed by atoms with Gasteiger partial charge in [0, 0.05) is 15.6 Å². The van der Waals surface area contributed by atoms with E-state index < -0.39 is 5.54 Å². The van der Waals surface area contributed by atoms with Gasteiger partial charge in [-0.15, -0.1) is 0 Å². The number of hydrogen-bond acceptors (Lipinski definition) is 3. The van der Waals surface area contributed by atoms with Gasteiger partial charge in [0.1, 0.15) is 5.75 Å². The van der Waals surface area contributed by atoms with E-state index in [0.29, 0.717) is 25.7 Å². The maximum absolute atomic E-state index is 9.90. The molecule has 2 rings (SSSR count). The van der Waals surface area contributed by atoms with Crippen molar-refractivity contribution < 1.29 is 10.2 Å². The largest absolute Gasteiger partial charge is 0.508 e. The van der Waals surface area contributed by atoms with E-state index in [1.54, 1.807) is 12.1 Å². The van der Waals surface area contributed by atoms with Crippen LogP contribution in [0.4, 0.5) is 0 Å². The number of phenolic OH excluding ortho intramolecular Hbond substituents is 1. The van der Waals surface area contributed by atoms with E-state index in [1.807, 2.05) is 6.07 Å². The lowest BCUT2D eigenvalue weighted by Gasteiger charge is -2.36. The molecule has 0 saturated heterocycles. The number of halogens is 1. The zero-order valence-corrected chi connectivity index (χ0v) is 10.6. The molecule has 1 aliphatic carbocycles. The molecule has 16 heavy (non-hydrogen) atoms. The lowest BCUT2D eigenvalue weighted by atomic mass is 9.76. The van der Waals surface area contributed by atoms with Crippen LogP contribution >= 0.6 is 15.9 Å². The lowest BCUT2D eigenvalue weighted by Crippen LogP contribution is -2.41. The van der Waals surface area contributed by atoms with E-state index in [0.717, 1.165) is 10.0 Å². The quantitative estimate of drug-likeness (QED) is 0.741. The number of aliphatic hydroxyl groups excluding tert-OH is 1. The summed E-state index contributed by atoms with van der Waals surface area (Å²) in [5, 5.41) is 19.4. The number of nitrogens with two attached hydrogens (primary N) is 1. The van der Waals surface area contributed by atoms with Crippen LogP contribution in [-0.2, 0) is 5.54 Å². The van der Waals surface area contributed by atoms with Crippen molar-refractivity contribution in [1.82, 2.24) is 0 Å². The number of aliphatic hydroxyl groups is 1. The van der Waals surface area contributed by atoms with Gasteiger partial charge < -0.3 is 15.9 Å². The molecule has 0 aliphatic heterocycles. The molecular weight excluding hydrogens is 270 g/mol. The molecule has 1 aromatic rings. The molecule has 0 amide bonds. The van der Waals surface area contributed by atoms with Gasteiger partial charge in [-0.25, -0.2) is 0 Å². The highest BCUT2D eigenvalue weighted by atomic mass is 79.9. The molecule has 88 valence electrons. The molecular formula is C12H16BrNO2. The van der Waals surface area contributed by atoms with Crippen molar-refractivity contribution in [2.24, 2.45) is 5.73 Å². The molecule has 0 unspecified atom stereocenters. The highest BCUT2D eigenvalue weighted by Crippen LogP contribution is 2.42. The van der Waals surface area contributed by atoms with Gasteiger partial charge in [-0.05, 0) is 37.8 Å². The molecule has 3 nitrogen and oxygen atoms in total. The average Bonchev–Trinajstić information content (AvgIpc) is 2.23. The summed E-state index contributed by atoms with van der Waals surface area (Å²) in [7, 11) is 0. The first kappa shape index (κ1) is 11.9. The number of aromatic hydroxyl groups is 1. The summed E-state index contributed by atoms with van der Waals surface area (Å²) in [5.41, 5.74) is 6.58. The fraction of sp³-hybridized carbons (Fsp3) is 0.500. The number of phenols is 1. The fourth-order valence-corrected chi connectivity index (χ4v) is 3.12. The summed E-state index contributed by atoms with van der Waals surface area (Å²) in [6.45, 7) is 0. The van der Waals surface area contributed by atoms with Gasteiger partial charge >= 0.3 is 0 Å². The van der Waals surface area contributed by atoms with Crippen LogP contribution in [0, 0.1) is 0 Å². The molecule has 0 heterocycles. The summed E-state index contributed by atoms with van der Waals surface area (Å²) in [5.74, 6) is 0.230. The minimum atomic E-state index is -0.524. The maximum Gasteiger partial charge on any atom is 0.121 e. The third-order valence-electron chi connectivity index (χ3n) is 3.34. The normalized spacial score (nSPS) is 30.3. The molecule has 4 heteroatoms. The van der Waals surface area contributed by atoms with Crippen molar-refractivity contribution in [3.8, 4) is 5.75 Å². The Hall–Kier alpha value is -0.580. The number of rotatable bonds is 1. The van der Waals surface area contributed by atoms with Crippen molar-refractivity contribution >= 4 is 15.9 Å². The van der Waals surface area contributed by atoms with Crippen molar-refractivity contribution in [2.75, 3.05) is 0 Å². The molecule has 1 aromatic carbocycles. The van der Waals surface area contributed by atoms with Gasteiger partial charge in [0.15, 0.2) is 0 Å². The average molecular weight is 286 g/mol. The van der Waals surface area contributed by atoms with Gasteiger partial charge in [0.2, 0.25) is 0 Å². The third kappa shape index (κ3) is 2.10. The smallest absolute Gasteiger partial charge is 0.121 e. The van der Waals surface area contributed by atoms with E-state index in [1.165, 1.54) is 0 Å². The minimum Gasteiger partial charge on any atom is -0.508 e. The van der Waals surface area contributed by atoms with Crippen molar-refractivity contribution in [2.45, 2.75) is 37.3 Å². The van der Waals surface area contributed by atoms with Crippen LogP contribution in [0.3, 0.4) is 0 Å². The van der Waals surface area contributed by atoms with Crippen LogP contribution in [0.15, 0.2) is 22.7 Å². The Kier molecular flexibility index (Phi) is 3.24. The number of hydrogen-bond donors (Lipinski definition) is 3. The summed E-state index contributed by atoms with van der Waals surface area (Å²) < 4.78 is 0.839. The SMILES string of the molecule is NC1(c2c(O)cccc2Br)CCC(O)CC1. The molecule has 1 aliphatic rings. The molecule has 0 radical (unpaired) electrons. The maximum atomic E-state index is 9.90. The third-order valence-corrected chi connectivity index (χ3v) is 4.00. The first-order valence-electron chi connectivity index (χ1n) is 5.48. The summed E-state index contributed by atoms with van der Waals surface area (Å²) in [6.07, 6.45) is 2.53. The van der Waals surface area contributed by atoms with Gasteiger partial charge in [0.25, 0.3) is 0 Å². The Morgan fingerprint density at radius 2 is 1.94 bits per heavy atom. The highest BCUT2D eigenvalue weighted by Gasteiger charge is 2.35. The Bertz CT molecular complexity index is 366. The number of benzene rings is 1. The topological polar surface area (TPSA) is 66.5 Å². The molecule has 4 N–H and O–H groups in total. The Morgan fingerprint density at radius 1 is 1.31 bits per heavy atom. The van der Waals surface area contributed by atoms with Crippen LogP contribution < -0.4 is 5.73 Å². The Morgan fingerprint density at radius 3 is 2.50 bits per heavy atom. The molecule has 0 bridgehead atoms. The zero-order chi connectivity index (χ0) is 11.8. The lowest BCUT2D eigenvalue weighted by molar-refractivity contribution is 0.0958. The second-order valence-electron chi connectivity index (χ2n) is 4.52. The van der Waals surface area contributed by atoms with Crippen LogP contribution in [-0.4, -0.2) is 16.3 Å². The Labute approximate surface area is 103 Å². The minimum absolute atomic E-state index is 0.230. The first-order valence-corrected chi connectivity index (χ1v) is 6.27. The standard InChI is InChI=1S/C12H16BrNO2/c13-9-2-1-3-10(16)11(9)12(14)6-4-8(15)5-7-12/h1-3,8,15-16H,4-7,14H2. The van der Waals surface area contributed by atoms with E-state index in [-0.39, 0.29) is 11.9 Å². The summed E-state index contributed by atoms with van der Waals surface area (Å²) in [6, 6.07) is 5.32. The van der Waals surface area contributed by atoms with Crippen LogP contribution in [0.5, 0.6) is 5.75 Å². The molecule has 1 saturated carbocycles. The predicted octanol–water partition coefficient (Wildman–Crippen LogP) is 2.24. The second-order valence-corrected chi connectivity index (χ2v) is 5.38. The molecule has 0 spiro atoms. The fourth-order valence-electron chi connectivity index (χ4n) is 2.37. The highest BCUT2D eigenvalue weighted by molar-refractivity contribution is 9.10. The Balaban J connectivity index is 2.36. The molecule has 0 atom stereocenters. The summed E-state index contributed by atoms with van der Waals surface area (Å²) in [4.78, 5) is 0. The van der Waals surface area contributed by atoms with E-state index in [2.05, 4.69) is 15.9 Å². The van der Waals surface area contributed by atoms with Crippen molar-refractivity contribution in [3.05, 3.63) is 28.2 Å². The zero-order valence-electron chi connectivity index (χ0n) is 8.99. The van der Waals surface area contributed by atoms with Gasteiger partial charge in [-0.1, -0.05) is 22.0 Å². The predicted molar refractivity (Wildman–Crippen MR) is 66.1 cm³/mol. The molecule has 1 fully saturated rings. The first-order chi connectivity index (χ1) is 7.53. The van der Waals surface area contributed by atoms with Crippen molar-refractivity contribution in [3.63, 3.8) is 0 Å². The van der Waals surface area contributed by atoms with Crippen LogP contribution in [0.2, 0.25) is 0 Å². The second kappa shape index (κ2) is 4.35. The molecule has 0 aromatic heterocycles. The van der Waals surface area contributed by atoms with Crippen molar-refractivity contribution in [1.29, 1.82) is 0 Å². The van der Waals surface area contributed by atoms with E-state index in [9.17, 15) is 10.2 Å². The summed E-state index contributed by atoms with van der Waals surface area (Å²) >= 11 is 3.43. The van der Waals surface area contributed by atoms with E-state index in [4.69, 9.17) is 5.73 Å². The van der Waals surface area contributed by atoms with E-state index >= 15 is 0 Å². The van der Waals surface area contributed by atoms with Gasteiger partial charge in [-0.2, -0.15) is 0 Å². The van der Waals surface area contributed by atoms with Crippen LogP contribution in [0.25, 0.3) is 0 Å². The van der Waals surface area contributed by atoms with Crippen LogP contribution in [0.1, 0.15) is 31.2 Å². The van der Waals surface area contributed by atoms with Gasteiger partial charge in [-0.3, -0.25) is 0 Å². The monoisotopic (exact) mass is 285 g/mol.